The number of hydrazone groups is 1. The third-order valence-electron chi connectivity index (χ3n) is 5.92. The van der Waals surface area contributed by atoms with E-state index in [1.807, 2.05) is 0 Å². The first-order chi connectivity index (χ1) is 15.1. The number of fused-ring (bicyclic) bond motifs is 4. The van der Waals surface area contributed by atoms with E-state index >= 15 is 4.39 Å². The average molecular weight is 449 g/mol. The Bertz CT molecular complexity index is 1050. The number of amides is 5. The highest BCUT2D eigenvalue weighted by atomic mass is 19.2. The number of carbonyl (C=O) groups excluding carboxylic acids is 4. The number of barbiturate groups is 1. The van der Waals surface area contributed by atoms with Crippen molar-refractivity contribution in [1.29, 1.82) is 0 Å². The quantitative estimate of drug-likeness (QED) is 0.339. The van der Waals surface area contributed by atoms with Crippen LogP contribution in [0, 0.1) is 17.0 Å². The molecule has 3 heterocycles. The summed E-state index contributed by atoms with van der Waals surface area (Å²) in [5.41, 5.74) is 0.132. The summed E-state index contributed by atoms with van der Waals surface area (Å²) in [4.78, 5) is 50.3. The summed E-state index contributed by atoms with van der Waals surface area (Å²) in [5, 5.41) is 7.81. The van der Waals surface area contributed by atoms with Crippen molar-refractivity contribution in [2.45, 2.75) is 45.4 Å². The van der Waals surface area contributed by atoms with Crippen molar-refractivity contribution < 1.29 is 32.7 Å². The molecule has 1 aromatic rings. The van der Waals surface area contributed by atoms with Gasteiger partial charge in [0.05, 0.1) is 30.2 Å². The second-order valence-corrected chi connectivity index (χ2v) is 8.16. The number of nitrogens with one attached hydrogen (secondary N) is 3. The zero-order valence-corrected chi connectivity index (χ0v) is 17.5. The molecule has 5 amide bonds. The molecule has 3 atom stereocenters. The zero-order chi connectivity index (χ0) is 23.4. The molecule has 2 fully saturated rings. The molecule has 2 saturated heterocycles. The van der Waals surface area contributed by atoms with Gasteiger partial charge in [0.15, 0.2) is 17.0 Å². The minimum absolute atomic E-state index is 0.0747. The second-order valence-electron chi connectivity index (χ2n) is 8.16. The van der Waals surface area contributed by atoms with Gasteiger partial charge in [-0.25, -0.2) is 19.0 Å². The van der Waals surface area contributed by atoms with E-state index in [4.69, 9.17) is 4.74 Å². The van der Waals surface area contributed by atoms with Gasteiger partial charge in [0.1, 0.15) is 0 Å². The van der Waals surface area contributed by atoms with Crippen LogP contribution in [0.2, 0.25) is 0 Å². The molecule has 0 unspecified atom stereocenters. The number of rotatable bonds is 2. The zero-order valence-electron chi connectivity index (χ0n) is 17.5. The van der Waals surface area contributed by atoms with Crippen LogP contribution in [0.5, 0.6) is 0 Å². The summed E-state index contributed by atoms with van der Waals surface area (Å²) in [6.45, 7) is 4.67. The fourth-order valence-corrected chi connectivity index (χ4v) is 4.85. The number of nitrogens with zero attached hydrogens (tertiary/aromatic N) is 2. The lowest BCUT2D eigenvalue weighted by Crippen LogP contribution is -2.75. The van der Waals surface area contributed by atoms with Crippen LogP contribution < -0.4 is 21.0 Å². The number of morpholine rings is 1. The molecule has 0 radical (unpaired) electrons. The van der Waals surface area contributed by atoms with Gasteiger partial charge in [-0.05, 0) is 25.5 Å². The molecule has 3 aliphatic heterocycles. The van der Waals surface area contributed by atoms with Gasteiger partial charge in [0.25, 0.3) is 0 Å². The number of anilines is 1. The Hall–Kier alpha value is -3.41. The average Bonchev–Trinajstić information content (AvgIpc) is 2.68. The highest BCUT2D eigenvalue weighted by molar-refractivity contribution is 6.20. The highest BCUT2D eigenvalue weighted by Gasteiger charge is 2.63. The Labute approximate surface area is 181 Å². The number of benzene rings is 1. The van der Waals surface area contributed by atoms with Crippen molar-refractivity contribution in [3.05, 3.63) is 28.8 Å². The van der Waals surface area contributed by atoms with E-state index in [0.717, 1.165) is 6.21 Å². The first-order valence-electron chi connectivity index (χ1n) is 9.95. The third-order valence-corrected chi connectivity index (χ3v) is 5.92. The maximum atomic E-state index is 15.3. The van der Waals surface area contributed by atoms with Crippen LogP contribution >= 0.6 is 0 Å². The Morgan fingerprint density at radius 3 is 2.53 bits per heavy atom. The summed E-state index contributed by atoms with van der Waals surface area (Å²) in [6, 6.07) is -0.653. The summed E-state index contributed by atoms with van der Waals surface area (Å²) >= 11 is 0. The molecule has 0 saturated carbocycles. The topological polar surface area (TPSA) is 129 Å². The van der Waals surface area contributed by atoms with E-state index in [9.17, 15) is 23.6 Å². The molecular weight excluding hydrogens is 428 g/mol. The maximum Gasteiger partial charge on any atom is 0.328 e. The largest absolute Gasteiger partial charge is 0.372 e. The molecule has 0 aromatic heterocycles. The summed E-state index contributed by atoms with van der Waals surface area (Å²) in [7, 11) is 0. The number of urea groups is 1. The minimum Gasteiger partial charge on any atom is -0.372 e. The fraction of sp³-hybridized carbons (Fsp3) is 0.450. The molecule has 1 aromatic carbocycles. The molecule has 1 spiro atoms. The normalized spacial score (nSPS) is 26.5. The summed E-state index contributed by atoms with van der Waals surface area (Å²) in [6.07, 6.45) is -0.466. The van der Waals surface area contributed by atoms with Gasteiger partial charge in [0, 0.05) is 25.5 Å². The summed E-state index contributed by atoms with van der Waals surface area (Å²) in [5.74, 6) is -4.53. The molecule has 3 aliphatic rings. The van der Waals surface area contributed by atoms with Crippen LogP contribution in [-0.2, 0) is 25.5 Å². The third kappa shape index (κ3) is 3.22. The number of hydrogen-bond acceptors (Lipinski definition) is 7. The molecule has 10 nitrogen and oxygen atoms in total. The molecule has 3 N–H and O–H groups in total. The molecule has 4 rings (SSSR count). The fourth-order valence-electron chi connectivity index (χ4n) is 4.85. The lowest BCUT2D eigenvalue weighted by Gasteiger charge is -2.55. The number of carbonyl (C=O) groups is 4. The Morgan fingerprint density at radius 1 is 1.25 bits per heavy atom. The van der Waals surface area contributed by atoms with Gasteiger partial charge in [-0.1, -0.05) is 0 Å². The molecule has 170 valence electrons. The first-order valence-corrected chi connectivity index (χ1v) is 9.95. The van der Waals surface area contributed by atoms with E-state index in [1.54, 1.807) is 13.8 Å². The Morgan fingerprint density at radius 2 is 1.91 bits per heavy atom. The smallest absolute Gasteiger partial charge is 0.328 e. The van der Waals surface area contributed by atoms with Crippen molar-refractivity contribution in [1.82, 2.24) is 16.1 Å². The maximum absolute atomic E-state index is 15.3. The van der Waals surface area contributed by atoms with Crippen LogP contribution in [0.25, 0.3) is 0 Å². The second kappa shape index (κ2) is 7.62. The van der Waals surface area contributed by atoms with Crippen molar-refractivity contribution >= 4 is 35.7 Å². The number of halogens is 2. The predicted octanol–water partition coefficient (Wildman–Crippen LogP) is 0.326. The first kappa shape index (κ1) is 21.8. The van der Waals surface area contributed by atoms with Crippen molar-refractivity contribution in [3.63, 3.8) is 0 Å². The van der Waals surface area contributed by atoms with Gasteiger partial charge in [-0.2, -0.15) is 5.10 Å². The molecule has 0 bridgehead atoms. The molecular formula is C20H21F2N5O5. The van der Waals surface area contributed by atoms with Gasteiger partial charge < -0.3 is 9.64 Å². The van der Waals surface area contributed by atoms with Gasteiger partial charge in [-0.3, -0.25) is 25.0 Å². The van der Waals surface area contributed by atoms with E-state index < -0.39 is 59.1 Å². The SMILES string of the molecule is CC(=O)N/N=C/c1cc2c(c(F)c1F)N1C[C@@H](C)O[C@@H](C)[C@@H]1C1(C2)C(=O)NC(=O)NC1=O. The molecule has 32 heavy (non-hydrogen) atoms. The van der Waals surface area contributed by atoms with E-state index in [-0.39, 0.29) is 29.8 Å². The van der Waals surface area contributed by atoms with Crippen LogP contribution in [0.1, 0.15) is 31.9 Å². The number of hydrogen-bond donors (Lipinski definition) is 3. The number of imide groups is 2. The van der Waals surface area contributed by atoms with Crippen LogP contribution in [0.15, 0.2) is 11.2 Å². The monoisotopic (exact) mass is 449 g/mol. The van der Waals surface area contributed by atoms with Crippen LogP contribution in [-0.4, -0.2) is 54.8 Å². The van der Waals surface area contributed by atoms with Crippen LogP contribution in [0.3, 0.4) is 0 Å². The van der Waals surface area contributed by atoms with E-state index in [2.05, 4.69) is 21.2 Å². The van der Waals surface area contributed by atoms with Crippen molar-refractivity contribution in [3.8, 4) is 0 Å². The van der Waals surface area contributed by atoms with Gasteiger partial charge in [0.2, 0.25) is 17.7 Å². The molecule has 0 aliphatic carbocycles. The Balaban J connectivity index is 1.90. The van der Waals surface area contributed by atoms with Gasteiger partial charge in [-0.15, -0.1) is 0 Å². The van der Waals surface area contributed by atoms with E-state index in [0.29, 0.717) is 0 Å². The highest BCUT2D eigenvalue weighted by Crippen LogP contribution is 2.48. The molecule has 12 heteroatoms. The summed E-state index contributed by atoms with van der Waals surface area (Å²) < 4.78 is 36.0. The van der Waals surface area contributed by atoms with Crippen molar-refractivity contribution in [2.24, 2.45) is 10.5 Å². The van der Waals surface area contributed by atoms with Crippen LogP contribution in [0.4, 0.5) is 19.3 Å². The van der Waals surface area contributed by atoms with Crippen molar-refractivity contribution in [2.75, 3.05) is 11.4 Å². The number of ether oxygens (including phenoxy) is 1. The predicted molar refractivity (Wildman–Crippen MR) is 107 cm³/mol. The van der Waals surface area contributed by atoms with E-state index in [1.165, 1.54) is 17.9 Å². The van der Waals surface area contributed by atoms with Gasteiger partial charge >= 0.3 is 6.03 Å². The lowest BCUT2D eigenvalue weighted by atomic mass is 9.66. The minimum atomic E-state index is -1.81. The standard InChI is InChI=1S/C20H21F2N5O5/c1-8-7-27-15-11(4-12(13(21)14(15)22)6-23-26-10(3)28)5-20(16(27)9(2)32-8)17(29)24-19(31)25-18(20)30/h4,6,8-9,16H,5,7H2,1-3H3,(H,26,28)(H2,24,25,29,30,31)/b23-6+/t8-,9+,16-/m1/s1. The Kier molecular flexibility index (Phi) is 5.19. The lowest BCUT2D eigenvalue weighted by molar-refractivity contribution is -0.153.